The summed E-state index contributed by atoms with van der Waals surface area (Å²) in [6, 6.07) is 12.4. The minimum Gasteiger partial charge on any atom is -0.308 e. The minimum atomic E-state index is -3.58. The average molecular weight is 539 g/mol. The van der Waals surface area contributed by atoms with E-state index in [2.05, 4.69) is 19.1 Å². The van der Waals surface area contributed by atoms with Crippen molar-refractivity contribution in [3.63, 3.8) is 0 Å². The number of amides is 1. The number of hydrogen-bond acceptors (Lipinski definition) is 6. The van der Waals surface area contributed by atoms with Gasteiger partial charge in [-0.2, -0.15) is 0 Å². The molecule has 1 heterocycles. The summed E-state index contributed by atoms with van der Waals surface area (Å²) >= 11 is 1.50. The topological polar surface area (TPSA) is 73.8 Å². The number of rotatable bonds is 11. The largest absolute Gasteiger partial charge is 0.308 e. The van der Waals surface area contributed by atoms with Crippen molar-refractivity contribution in [2.75, 3.05) is 45.7 Å². The summed E-state index contributed by atoms with van der Waals surface area (Å²) in [6.07, 6.45) is 2.66. The van der Waals surface area contributed by atoms with Crippen molar-refractivity contribution >= 4 is 55.0 Å². The molecule has 0 radical (unpaired) electrons. The van der Waals surface area contributed by atoms with Crippen LogP contribution in [-0.2, 0) is 16.4 Å². The maximum Gasteiger partial charge on any atom is 0.260 e. The molecule has 7 nitrogen and oxygen atoms in total. The molecule has 0 fully saturated rings. The number of carbonyl (C=O) groups excluding carboxylic acids is 1. The Morgan fingerprint density at radius 3 is 2.26 bits per heavy atom. The minimum absolute atomic E-state index is 0. The zero-order valence-corrected chi connectivity index (χ0v) is 23.5. The highest BCUT2D eigenvalue weighted by atomic mass is 35.5. The zero-order valence-electron chi connectivity index (χ0n) is 21.0. The number of thiazole rings is 1. The van der Waals surface area contributed by atoms with E-state index in [9.17, 15) is 13.2 Å². The molecule has 0 aliphatic carbocycles. The van der Waals surface area contributed by atoms with Crippen molar-refractivity contribution in [1.29, 1.82) is 0 Å². The highest BCUT2D eigenvalue weighted by molar-refractivity contribution is 7.89. The summed E-state index contributed by atoms with van der Waals surface area (Å²) < 4.78 is 28.1. The molecule has 0 aliphatic heterocycles. The van der Waals surface area contributed by atoms with E-state index in [0.29, 0.717) is 30.3 Å². The van der Waals surface area contributed by atoms with E-state index >= 15 is 0 Å². The summed E-state index contributed by atoms with van der Waals surface area (Å²) in [5.74, 6) is -0.195. The number of hydrogen-bond donors (Lipinski definition) is 0. The Morgan fingerprint density at radius 2 is 1.66 bits per heavy atom. The number of nitrogens with zero attached hydrogens (tertiary/aromatic N) is 4. The highest BCUT2D eigenvalue weighted by Gasteiger charge is 2.24. The van der Waals surface area contributed by atoms with Crippen LogP contribution in [0.1, 0.15) is 42.6 Å². The number of halogens is 1. The summed E-state index contributed by atoms with van der Waals surface area (Å²) in [6.45, 7) is 5.76. The molecule has 0 aliphatic rings. The van der Waals surface area contributed by atoms with Crippen LogP contribution >= 0.6 is 23.7 Å². The lowest BCUT2D eigenvalue weighted by Gasteiger charge is -2.22. The van der Waals surface area contributed by atoms with Gasteiger partial charge in [-0.1, -0.05) is 37.7 Å². The van der Waals surface area contributed by atoms with E-state index in [1.807, 2.05) is 32.0 Å². The lowest BCUT2D eigenvalue weighted by atomic mass is 10.2. The van der Waals surface area contributed by atoms with Crippen LogP contribution in [0.5, 0.6) is 0 Å². The van der Waals surface area contributed by atoms with Crippen molar-refractivity contribution in [2.45, 2.75) is 38.0 Å². The van der Waals surface area contributed by atoms with E-state index in [4.69, 9.17) is 4.98 Å². The number of fused-ring (bicyclic) bond motifs is 1. The van der Waals surface area contributed by atoms with Crippen LogP contribution in [0.2, 0.25) is 0 Å². The summed E-state index contributed by atoms with van der Waals surface area (Å²) in [5.41, 5.74) is 2.54. The van der Waals surface area contributed by atoms with Gasteiger partial charge in [-0.25, -0.2) is 17.7 Å². The molecule has 0 saturated carbocycles. The van der Waals surface area contributed by atoms with Crippen LogP contribution in [0.3, 0.4) is 0 Å². The van der Waals surface area contributed by atoms with Crippen LogP contribution in [-0.4, -0.2) is 69.3 Å². The summed E-state index contributed by atoms with van der Waals surface area (Å²) in [4.78, 5) is 22.1. The quantitative estimate of drug-likeness (QED) is 0.347. The number of aryl methyl sites for hydroxylation is 1. The van der Waals surface area contributed by atoms with Crippen molar-refractivity contribution in [3.8, 4) is 0 Å². The molecular weight excluding hydrogens is 504 g/mol. The van der Waals surface area contributed by atoms with Crippen molar-refractivity contribution in [1.82, 2.24) is 14.2 Å². The molecule has 3 aromatic rings. The molecule has 0 spiro atoms. The van der Waals surface area contributed by atoms with Gasteiger partial charge in [0, 0.05) is 32.2 Å². The molecule has 1 amide bonds. The number of anilines is 1. The fraction of sp³-hybridized carbons (Fsp3) is 0.440. The Morgan fingerprint density at radius 1 is 0.971 bits per heavy atom. The Balaban J connectivity index is 0.00000432. The van der Waals surface area contributed by atoms with Gasteiger partial charge in [0.1, 0.15) is 0 Å². The molecule has 2 aromatic carbocycles. The maximum absolute atomic E-state index is 13.5. The molecule has 35 heavy (non-hydrogen) atoms. The van der Waals surface area contributed by atoms with Crippen LogP contribution in [0, 0.1) is 0 Å². The maximum atomic E-state index is 13.5. The van der Waals surface area contributed by atoms with E-state index < -0.39 is 10.0 Å². The van der Waals surface area contributed by atoms with E-state index in [-0.39, 0.29) is 23.2 Å². The first-order chi connectivity index (χ1) is 16.2. The molecule has 0 saturated heterocycles. The van der Waals surface area contributed by atoms with Crippen LogP contribution in [0.4, 0.5) is 5.13 Å². The van der Waals surface area contributed by atoms with Gasteiger partial charge < -0.3 is 4.90 Å². The van der Waals surface area contributed by atoms with Crippen molar-refractivity contribution in [2.24, 2.45) is 0 Å². The summed E-state index contributed by atoms with van der Waals surface area (Å²) in [5, 5.41) is 0.645. The fourth-order valence-electron chi connectivity index (χ4n) is 3.48. The summed E-state index contributed by atoms with van der Waals surface area (Å²) in [7, 11) is 1.93. The lowest BCUT2D eigenvalue weighted by molar-refractivity contribution is 0.0985. The standard InChI is InChI=1S/C25H34N4O3S2.ClH/c1-6-8-15-28(5)34(31,32)21-12-10-20(11-13-21)24(30)29(17-16-27(3)4)25-26-22-14-9-19(7-2)18-23(22)33-25;/h9-14,18H,6-8,15-17H2,1-5H3;1H. The van der Waals surface area contributed by atoms with Gasteiger partial charge in [-0.15, -0.1) is 12.4 Å². The first-order valence-electron chi connectivity index (χ1n) is 11.6. The van der Waals surface area contributed by atoms with Crippen LogP contribution < -0.4 is 4.90 Å². The third-order valence-corrected chi connectivity index (χ3v) is 8.64. The number of unbranched alkanes of at least 4 members (excludes halogenated alkanes) is 1. The molecule has 1 aromatic heterocycles. The monoisotopic (exact) mass is 538 g/mol. The van der Waals surface area contributed by atoms with Gasteiger partial charge in [-0.05, 0) is 68.9 Å². The van der Waals surface area contributed by atoms with E-state index in [1.165, 1.54) is 33.3 Å². The van der Waals surface area contributed by atoms with E-state index in [0.717, 1.165) is 29.5 Å². The van der Waals surface area contributed by atoms with Crippen LogP contribution in [0.25, 0.3) is 10.2 Å². The highest BCUT2D eigenvalue weighted by Crippen LogP contribution is 2.31. The van der Waals surface area contributed by atoms with Crippen molar-refractivity contribution in [3.05, 3.63) is 53.6 Å². The van der Waals surface area contributed by atoms with E-state index in [1.54, 1.807) is 24.1 Å². The number of aromatic nitrogens is 1. The number of benzene rings is 2. The van der Waals surface area contributed by atoms with Crippen molar-refractivity contribution < 1.29 is 13.2 Å². The van der Waals surface area contributed by atoms with Gasteiger partial charge >= 0.3 is 0 Å². The molecule has 0 atom stereocenters. The molecule has 192 valence electrons. The van der Waals surface area contributed by atoms with Gasteiger partial charge in [-0.3, -0.25) is 9.69 Å². The third kappa shape index (κ3) is 7.01. The molecule has 10 heteroatoms. The second-order valence-corrected chi connectivity index (χ2v) is 11.7. The Labute approximate surface area is 219 Å². The number of likely N-dealkylation sites (N-methyl/N-ethyl adjacent to an activating group) is 1. The average Bonchev–Trinajstić information content (AvgIpc) is 3.25. The Hall–Kier alpha value is -2.04. The van der Waals surface area contributed by atoms with Crippen LogP contribution in [0.15, 0.2) is 47.4 Å². The molecule has 0 bridgehead atoms. The lowest BCUT2D eigenvalue weighted by Crippen LogP contribution is -2.36. The Bertz CT molecular complexity index is 1230. The predicted molar refractivity (Wildman–Crippen MR) is 148 cm³/mol. The second-order valence-electron chi connectivity index (χ2n) is 8.62. The number of carbonyl (C=O) groups is 1. The first-order valence-corrected chi connectivity index (χ1v) is 13.9. The second kappa shape index (κ2) is 12.8. The van der Waals surface area contributed by atoms with Gasteiger partial charge in [0.05, 0.1) is 15.1 Å². The SMILES string of the molecule is CCCCN(C)S(=O)(=O)c1ccc(C(=O)N(CCN(C)C)c2nc3ccc(CC)cc3s2)cc1.Cl. The normalized spacial score (nSPS) is 11.7. The molecule has 3 rings (SSSR count). The third-order valence-electron chi connectivity index (χ3n) is 5.73. The Kier molecular flexibility index (Phi) is 10.7. The molecule has 0 unspecified atom stereocenters. The predicted octanol–water partition coefficient (Wildman–Crippen LogP) is 4.91. The zero-order chi connectivity index (χ0) is 24.9. The fourth-order valence-corrected chi connectivity index (χ4v) is 5.75. The van der Waals surface area contributed by atoms with Gasteiger partial charge in [0.15, 0.2) is 5.13 Å². The van der Waals surface area contributed by atoms with Gasteiger partial charge in [0.25, 0.3) is 5.91 Å². The first kappa shape index (κ1) is 29.2. The molecular formula is C25H35ClN4O3S2. The van der Waals surface area contributed by atoms with Gasteiger partial charge in [0.2, 0.25) is 10.0 Å². The number of sulfonamides is 1. The molecule has 0 N–H and O–H groups in total. The smallest absolute Gasteiger partial charge is 0.260 e.